The van der Waals surface area contributed by atoms with E-state index in [1.165, 1.54) is 17.2 Å². The molecule has 0 saturated heterocycles. The third kappa shape index (κ3) is 2.92. The average molecular weight is 398 g/mol. The number of hydrogen-bond donors (Lipinski definition) is 1. The molecule has 124 valence electrons. The van der Waals surface area contributed by atoms with Crippen molar-refractivity contribution in [2.75, 3.05) is 5.32 Å². The third-order valence-corrected chi connectivity index (χ3v) is 3.93. The van der Waals surface area contributed by atoms with Crippen LogP contribution in [0.2, 0.25) is 0 Å². The summed E-state index contributed by atoms with van der Waals surface area (Å²) < 4.78 is 29.3. The molecule has 0 bridgehead atoms. The van der Waals surface area contributed by atoms with Crippen LogP contribution >= 0.6 is 15.9 Å². The second-order valence-corrected chi connectivity index (χ2v) is 5.83. The van der Waals surface area contributed by atoms with Crippen LogP contribution in [0.15, 0.2) is 33.9 Å². The number of anilines is 1. The summed E-state index contributed by atoms with van der Waals surface area (Å²) in [6.45, 7) is -0.375. The average Bonchev–Trinajstić information content (AvgIpc) is 2.88. The van der Waals surface area contributed by atoms with Crippen molar-refractivity contribution in [2.45, 2.75) is 6.54 Å². The van der Waals surface area contributed by atoms with Gasteiger partial charge in [-0.2, -0.15) is 5.10 Å². The first-order chi connectivity index (χ1) is 11.4. The van der Waals surface area contributed by atoms with E-state index in [9.17, 15) is 18.4 Å². The minimum absolute atomic E-state index is 0.0570. The zero-order chi connectivity index (χ0) is 17.4. The number of aromatic nitrogens is 4. The van der Waals surface area contributed by atoms with Gasteiger partial charge in [0.1, 0.15) is 24.1 Å². The van der Waals surface area contributed by atoms with E-state index in [1.807, 2.05) is 0 Å². The minimum Gasteiger partial charge on any atom is -0.321 e. The van der Waals surface area contributed by atoms with Crippen LogP contribution in [-0.2, 0) is 18.4 Å². The van der Waals surface area contributed by atoms with Gasteiger partial charge in [-0.3, -0.25) is 18.8 Å². The maximum atomic E-state index is 13.7. The topological polar surface area (TPSA) is 81.8 Å². The molecule has 7 nitrogen and oxygen atoms in total. The second kappa shape index (κ2) is 6.11. The predicted octanol–water partition coefficient (Wildman–Crippen LogP) is 1.81. The Morgan fingerprint density at radius 2 is 2.12 bits per heavy atom. The van der Waals surface area contributed by atoms with E-state index in [2.05, 4.69) is 31.3 Å². The number of carbonyl (C=O) groups excluding carboxylic acids is 1. The van der Waals surface area contributed by atoms with Crippen molar-refractivity contribution in [3.05, 3.63) is 51.1 Å². The summed E-state index contributed by atoms with van der Waals surface area (Å²) in [6, 6.07) is 1.67. The van der Waals surface area contributed by atoms with Gasteiger partial charge >= 0.3 is 0 Å². The summed E-state index contributed by atoms with van der Waals surface area (Å²) in [5.41, 5.74) is -0.254. The Morgan fingerprint density at radius 1 is 1.38 bits per heavy atom. The Hall–Kier alpha value is -2.62. The molecule has 1 aromatic carbocycles. The van der Waals surface area contributed by atoms with Crippen LogP contribution in [0.25, 0.3) is 11.0 Å². The van der Waals surface area contributed by atoms with Crippen LogP contribution in [0.4, 0.5) is 14.5 Å². The molecule has 1 N–H and O–H groups in total. The number of benzene rings is 1. The van der Waals surface area contributed by atoms with Crippen LogP contribution in [0.3, 0.4) is 0 Å². The highest BCUT2D eigenvalue weighted by atomic mass is 79.9. The summed E-state index contributed by atoms with van der Waals surface area (Å²) in [5.74, 6) is -2.36. The number of nitrogens with zero attached hydrogens (tertiary/aromatic N) is 4. The maximum absolute atomic E-state index is 13.7. The first kappa shape index (κ1) is 16.2. The van der Waals surface area contributed by atoms with Gasteiger partial charge in [0.15, 0.2) is 11.5 Å². The smallest absolute Gasteiger partial charge is 0.264 e. The van der Waals surface area contributed by atoms with Crippen LogP contribution < -0.4 is 10.9 Å². The van der Waals surface area contributed by atoms with Crippen molar-refractivity contribution in [1.82, 2.24) is 19.3 Å². The lowest BCUT2D eigenvalue weighted by Gasteiger charge is -2.10. The number of fused-ring (bicyclic) bond motifs is 1. The van der Waals surface area contributed by atoms with E-state index < -0.39 is 23.1 Å². The molecule has 0 atom stereocenters. The van der Waals surface area contributed by atoms with E-state index in [4.69, 9.17) is 0 Å². The summed E-state index contributed by atoms with van der Waals surface area (Å²) in [6.07, 6.45) is 2.57. The number of rotatable bonds is 3. The van der Waals surface area contributed by atoms with Crippen molar-refractivity contribution >= 4 is 38.6 Å². The lowest BCUT2D eigenvalue weighted by Crippen LogP contribution is -2.28. The normalized spacial score (nSPS) is 11.0. The van der Waals surface area contributed by atoms with Gasteiger partial charge in [0.2, 0.25) is 5.91 Å². The molecule has 0 aliphatic carbocycles. The molecule has 24 heavy (non-hydrogen) atoms. The fraction of sp³-hybridized carbons (Fsp3) is 0.143. The highest BCUT2D eigenvalue weighted by Gasteiger charge is 2.15. The van der Waals surface area contributed by atoms with Crippen molar-refractivity contribution in [3.63, 3.8) is 0 Å². The van der Waals surface area contributed by atoms with Gasteiger partial charge in [-0.15, -0.1) is 0 Å². The highest BCUT2D eigenvalue weighted by Crippen LogP contribution is 2.26. The molecule has 3 aromatic rings. The molecule has 0 radical (unpaired) electrons. The first-order valence-electron chi connectivity index (χ1n) is 6.68. The zero-order valence-corrected chi connectivity index (χ0v) is 13.8. The third-order valence-electron chi connectivity index (χ3n) is 3.30. The van der Waals surface area contributed by atoms with Crippen LogP contribution in [0.5, 0.6) is 0 Å². The van der Waals surface area contributed by atoms with Crippen LogP contribution in [0, 0.1) is 11.6 Å². The molecule has 1 amide bonds. The van der Waals surface area contributed by atoms with E-state index in [0.717, 1.165) is 10.6 Å². The maximum Gasteiger partial charge on any atom is 0.264 e. The number of carbonyl (C=O) groups is 1. The van der Waals surface area contributed by atoms with Gasteiger partial charge in [-0.25, -0.2) is 13.8 Å². The first-order valence-corrected chi connectivity index (χ1v) is 7.47. The molecule has 0 fully saturated rings. The van der Waals surface area contributed by atoms with E-state index in [-0.39, 0.29) is 22.1 Å². The fourth-order valence-electron chi connectivity index (χ4n) is 2.17. The van der Waals surface area contributed by atoms with Gasteiger partial charge in [-0.1, -0.05) is 0 Å². The summed E-state index contributed by atoms with van der Waals surface area (Å²) >= 11 is 2.98. The monoisotopic (exact) mass is 397 g/mol. The number of nitrogens with one attached hydrogen (secondary N) is 1. The molecule has 2 heterocycles. The van der Waals surface area contributed by atoms with Gasteiger partial charge in [0.05, 0.1) is 11.9 Å². The lowest BCUT2D eigenvalue weighted by atomic mass is 10.3. The Bertz CT molecular complexity index is 991. The molecule has 3 rings (SSSR count). The Balaban J connectivity index is 1.86. The molecular formula is C14H10BrF2N5O2. The molecule has 0 saturated carbocycles. The number of amides is 1. The van der Waals surface area contributed by atoms with Crippen molar-refractivity contribution < 1.29 is 13.6 Å². The Labute approximate surface area is 142 Å². The Kier molecular flexibility index (Phi) is 4.14. The largest absolute Gasteiger partial charge is 0.321 e. The number of halogens is 3. The van der Waals surface area contributed by atoms with Crippen LogP contribution in [0.1, 0.15) is 0 Å². The van der Waals surface area contributed by atoms with E-state index in [0.29, 0.717) is 11.7 Å². The van der Waals surface area contributed by atoms with E-state index >= 15 is 0 Å². The number of aryl methyl sites for hydroxylation is 1. The zero-order valence-electron chi connectivity index (χ0n) is 12.3. The van der Waals surface area contributed by atoms with Gasteiger partial charge in [0.25, 0.3) is 5.56 Å². The van der Waals surface area contributed by atoms with Gasteiger partial charge in [0, 0.05) is 17.6 Å². The minimum atomic E-state index is -0.927. The second-order valence-electron chi connectivity index (χ2n) is 4.98. The van der Waals surface area contributed by atoms with Crippen molar-refractivity contribution in [2.24, 2.45) is 7.05 Å². The predicted molar refractivity (Wildman–Crippen MR) is 85.5 cm³/mol. The summed E-state index contributed by atoms with van der Waals surface area (Å²) in [7, 11) is 1.64. The molecular weight excluding hydrogens is 388 g/mol. The van der Waals surface area contributed by atoms with Gasteiger partial charge in [-0.05, 0) is 22.0 Å². The molecule has 0 aliphatic heterocycles. The molecule has 0 spiro atoms. The molecule has 10 heteroatoms. The summed E-state index contributed by atoms with van der Waals surface area (Å²) in [4.78, 5) is 28.4. The number of hydrogen-bond acceptors (Lipinski definition) is 4. The summed E-state index contributed by atoms with van der Waals surface area (Å²) in [5, 5.41) is 6.49. The quantitative estimate of drug-likeness (QED) is 0.730. The van der Waals surface area contributed by atoms with Crippen molar-refractivity contribution in [1.29, 1.82) is 0 Å². The molecule has 0 unspecified atom stereocenters. The molecule has 2 aromatic heterocycles. The fourth-order valence-corrected chi connectivity index (χ4v) is 2.68. The molecule has 0 aliphatic rings. The van der Waals surface area contributed by atoms with Crippen molar-refractivity contribution in [3.8, 4) is 0 Å². The lowest BCUT2D eigenvalue weighted by molar-refractivity contribution is -0.116. The van der Waals surface area contributed by atoms with Crippen LogP contribution in [-0.4, -0.2) is 25.2 Å². The van der Waals surface area contributed by atoms with E-state index in [1.54, 1.807) is 7.05 Å². The SMILES string of the molecule is Cn1ncc2c(=O)n(CC(=O)Nc3c(F)cc(F)cc3Br)cnc21. The Morgan fingerprint density at radius 3 is 2.83 bits per heavy atom. The van der Waals surface area contributed by atoms with Gasteiger partial charge < -0.3 is 5.32 Å². The standard InChI is InChI=1S/C14H10BrF2N5O2/c1-21-13-8(4-19-21)14(24)22(6-18-13)5-11(23)20-12-9(15)2-7(16)3-10(12)17/h2-4,6H,5H2,1H3,(H,20,23). The highest BCUT2D eigenvalue weighted by molar-refractivity contribution is 9.10.